The van der Waals surface area contributed by atoms with Gasteiger partial charge in [-0.2, -0.15) is 0 Å². The Bertz CT molecular complexity index is 1620. The summed E-state index contributed by atoms with van der Waals surface area (Å²) >= 11 is 0. The van der Waals surface area contributed by atoms with E-state index in [4.69, 9.17) is 0 Å². The molecule has 3 aliphatic carbocycles. The van der Waals surface area contributed by atoms with Gasteiger partial charge in [0.1, 0.15) is 22.8 Å². The summed E-state index contributed by atoms with van der Waals surface area (Å²) in [5.41, 5.74) is -1.71. The van der Waals surface area contributed by atoms with Crippen molar-refractivity contribution in [1.29, 1.82) is 0 Å². The third-order valence-electron chi connectivity index (χ3n) is 10.1. The quantitative estimate of drug-likeness (QED) is 0.317. The van der Waals surface area contributed by atoms with Crippen LogP contribution in [0.2, 0.25) is 0 Å². The summed E-state index contributed by atoms with van der Waals surface area (Å²) in [5, 5.41) is 46.6. The van der Waals surface area contributed by atoms with Crippen LogP contribution in [0.4, 0.5) is 0 Å². The second-order valence-corrected chi connectivity index (χ2v) is 13.7. The molecule has 0 aliphatic heterocycles. The van der Waals surface area contributed by atoms with E-state index in [0.29, 0.717) is 17.0 Å². The van der Waals surface area contributed by atoms with Crippen molar-refractivity contribution >= 4 is 23.1 Å². The zero-order chi connectivity index (χ0) is 31.3. The van der Waals surface area contributed by atoms with Crippen LogP contribution < -0.4 is 0 Å². The molecule has 0 spiro atoms. The van der Waals surface area contributed by atoms with Crippen molar-refractivity contribution in [3.05, 3.63) is 69.5 Å². The van der Waals surface area contributed by atoms with Gasteiger partial charge in [0.05, 0.1) is 5.56 Å². The van der Waals surface area contributed by atoms with Crippen LogP contribution in [0.25, 0.3) is 16.9 Å². The molecule has 5 rings (SSSR count). The van der Waals surface area contributed by atoms with Crippen LogP contribution in [0.3, 0.4) is 0 Å². The lowest BCUT2D eigenvalue weighted by Crippen LogP contribution is -2.69. The maximum Gasteiger partial charge on any atom is 0.203 e. The maximum atomic E-state index is 14.5. The Morgan fingerprint density at radius 3 is 2.12 bits per heavy atom. The summed E-state index contributed by atoms with van der Waals surface area (Å²) in [7, 11) is 0. The molecule has 0 radical (unpaired) electrons. The number of carbonyl (C=O) groups excluding carboxylic acids is 3. The number of carbonyl (C=O) groups is 3. The summed E-state index contributed by atoms with van der Waals surface area (Å²) in [5.74, 6) is -4.86. The molecule has 4 N–H and O–H groups in total. The maximum absolute atomic E-state index is 14.5. The number of aliphatic hydroxyl groups excluding tert-OH is 2. The van der Waals surface area contributed by atoms with Crippen molar-refractivity contribution < 1.29 is 34.8 Å². The number of hydrogen-bond acceptors (Lipinski definition) is 7. The molecule has 0 saturated heterocycles. The monoisotopic (exact) mass is 572 g/mol. The summed E-state index contributed by atoms with van der Waals surface area (Å²) in [6.07, 6.45) is 0.294. The Morgan fingerprint density at radius 2 is 1.60 bits per heavy atom. The highest BCUT2D eigenvalue weighted by Gasteiger charge is 2.72. The van der Waals surface area contributed by atoms with Gasteiger partial charge >= 0.3 is 0 Å². The number of allylic oxidation sites excluding steroid dienone is 1. The average Bonchev–Trinajstić information content (AvgIpc) is 2.88. The van der Waals surface area contributed by atoms with E-state index >= 15 is 0 Å². The van der Waals surface area contributed by atoms with Crippen LogP contribution in [0.1, 0.15) is 83.1 Å². The van der Waals surface area contributed by atoms with Crippen LogP contribution >= 0.6 is 0 Å². The van der Waals surface area contributed by atoms with Crippen LogP contribution in [0.15, 0.2) is 47.2 Å². The first-order valence-corrected chi connectivity index (χ1v) is 14.6. The second kappa shape index (κ2) is 9.40. The second-order valence-electron chi connectivity index (χ2n) is 13.7. The minimum atomic E-state index is -2.62. The number of aromatic hydroxyl groups is 1. The van der Waals surface area contributed by atoms with E-state index < -0.39 is 56.8 Å². The van der Waals surface area contributed by atoms with Crippen LogP contribution in [0.5, 0.6) is 5.75 Å². The van der Waals surface area contributed by atoms with Crippen molar-refractivity contribution in [3.63, 3.8) is 0 Å². The largest absolute Gasteiger partial charge is 0.508 e. The van der Waals surface area contributed by atoms with Gasteiger partial charge in [0.15, 0.2) is 17.2 Å². The standard InChI is InChI=1S/C35H40O7/c1-16(2)20-9-11-21(12-10-20)22-13-18(5)28(37)25-23(22)14-33(7)15-34(8)26(17(3)4)29(38)24(19(6)36)31(40)35(34,42)32(41)27(33)30(25)39/h9-13,16-17,26,37,39-40,42H,14-15H2,1-8H3/t26?,33-,34-,35+/m1/s1. The minimum Gasteiger partial charge on any atom is -0.508 e. The fourth-order valence-corrected chi connectivity index (χ4v) is 8.23. The zero-order valence-corrected chi connectivity index (χ0v) is 25.5. The van der Waals surface area contributed by atoms with E-state index in [0.717, 1.165) is 18.1 Å². The molecule has 0 bridgehead atoms. The SMILES string of the molecule is CC(=O)C1=C(O)[C@]2(O)C(=O)C3=C(O)c4c(O)c(C)cc(-c5ccc(C(C)C)cc5)c4C[C@]3(C)C[C@]2(C)C(C(C)C)C1=O. The molecule has 1 unspecified atom stereocenters. The predicted molar refractivity (Wildman–Crippen MR) is 160 cm³/mol. The number of Topliss-reactive ketones (excluding diaryl/α,β-unsaturated/α-hetero) is 3. The molecule has 0 aromatic heterocycles. The van der Waals surface area contributed by atoms with E-state index in [9.17, 15) is 34.8 Å². The van der Waals surface area contributed by atoms with Crippen molar-refractivity contribution in [1.82, 2.24) is 0 Å². The molecule has 1 fully saturated rings. The molecule has 222 valence electrons. The molecular weight excluding hydrogens is 532 g/mol. The third-order valence-corrected chi connectivity index (χ3v) is 10.1. The fraction of sp³-hybridized carbons (Fsp3) is 0.457. The average molecular weight is 573 g/mol. The van der Waals surface area contributed by atoms with Crippen molar-refractivity contribution in [2.75, 3.05) is 0 Å². The zero-order valence-electron chi connectivity index (χ0n) is 25.5. The van der Waals surface area contributed by atoms with Crippen LogP contribution in [0, 0.1) is 29.6 Å². The first-order chi connectivity index (χ1) is 19.4. The number of phenolic OH excluding ortho intramolecular Hbond substituents is 1. The summed E-state index contributed by atoms with van der Waals surface area (Å²) < 4.78 is 0. The van der Waals surface area contributed by atoms with Crippen LogP contribution in [-0.4, -0.2) is 43.4 Å². The van der Waals surface area contributed by atoms with Crippen molar-refractivity contribution in [3.8, 4) is 16.9 Å². The van der Waals surface area contributed by atoms with E-state index in [2.05, 4.69) is 13.8 Å². The molecule has 1 saturated carbocycles. The Hall–Kier alpha value is -3.71. The molecule has 4 atom stereocenters. The Morgan fingerprint density at radius 1 is 1.00 bits per heavy atom. The first kappa shape index (κ1) is 29.8. The van der Waals surface area contributed by atoms with E-state index in [1.165, 1.54) is 5.56 Å². The molecule has 2 aromatic carbocycles. The smallest absolute Gasteiger partial charge is 0.203 e. The van der Waals surface area contributed by atoms with Crippen molar-refractivity contribution in [2.24, 2.45) is 22.7 Å². The summed E-state index contributed by atoms with van der Waals surface area (Å²) in [4.78, 5) is 40.7. The number of rotatable bonds is 4. The summed E-state index contributed by atoms with van der Waals surface area (Å²) in [6.45, 7) is 14.1. The lowest BCUT2D eigenvalue weighted by atomic mass is 9.43. The Balaban J connectivity index is 1.81. The Kier molecular flexibility index (Phi) is 6.66. The number of ketones is 3. The lowest BCUT2D eigenvalue weighted by molar-refractivity contribution is -0.178. The fourth-order valence-electron chi connectivity index (χ4n) is 8.23. The molecule has 42 heavy (non-hydrogen) atoms. The van der Waals surface area contributed by atoms with Gasteiger partial charge in [0.2, 0.25) is 5.78 Å². The van der Waals surface area contributed by atoms with Gasteiger partial charge in [-0.15, -0.1) is 0 Å². The molecular formula is C35H40O7. The molecule has 2 aromatic rings. The van der Waals surface area contributed by atoms with Gasteiger partial charge in [-0.25, -0.2) is 0 Å². The topological polar surface area (TPSA) is 132 Å². The number of benzene rings is 2. The first-order valence-electron chi connectivity index (χ1n) is 14.6. The van der Waals surface area contributed by atoms with Gasteiger partial charge in [0, 0.05) is 22.3 Å². The van der Waals surface area contributed by atoms with E-state index in [1.54, 1.807) is 27.7 Å². The van der Waals surface area contributed by atoms with E-state index in [1.807, 2.05) is 37.3 Å². The van der Waals surface area contributed by atoms with Gasteiger partial charge in [-0.3, -0.25) is 14.4 Å². The number of aryl methyl sites for hydroxylation is 1. The predicted octanol–water partition coefficient (Wildman–Crippen LogP) is 6.29. The van der Waals surface area contributed by atoms with Crippen LogP contribution in [-0.2, 0) is 20.8 Å². The molecule has 0 heterocycles. The molecule has 0 amide bonds. The summed E-state index contributed by atoms with van der Waals surface area (Å²) in [6, 6.07) is 9.99. The molecule has 7 heteroatoms. The number of hydrogen-bond donors (Lipinski definition) is 4. The molecule has 3 aliphatic rings. The lowest BCUT2D eigenvalue weighted by Gasteiger charge is -2.59. The highest BCUT2D eigenvalue weighted by Crippen LogP contribution is 2.65. The number of fused-ring (bicyclic) bond motifs is 3. The normalized spacial score (nSPS) is 29.2. The molecule has 7 nitrogen and oxygen atoms in total. The van der Waals surface area contributed by atoms with Crippen molar-refractivity contribution in [2.45, 2.75) is 79.8 Å². The van der Waals surface area contributed by atoms with Gasteiger partial charge in [0.25, 0.3) is 0 Å². The highest BCUT2D eigenvalue weighted by molar-refractivity contribution is 6.24. The van der Waals surface area contributed by atoms with Gasteiger partial charge < -0.3 is 20.4 Å². The Labute approximate surface area is 246 Å². The van der Waals surface area contributed by atoms with Gasteiger partial charge in [-0.1, -0.05) is 65.8 Å². The van der Waals surface area contributed by atoms with E-state index in [-0.39, 0.29) is 35.6 Å². The minimum absolute atomic E-state index is 0.0608. The third kappa shape index (κ3) is 3.72. The highest BCUT2D eigenvalue weighted by atomic mass is 16.3. The van der Waals surface area contributed by atoms with Gasteiger partial charge in [-0.05, 0) is 72.4 Å². The number of phenols is 1. The number of aliphatic hydroxyl groups is 3.